The molecular formula is C14H20FN3O4S. The van der Waals surface area contributed by atoms with E-state index in [9.17, 15) is 22.9 Å². The second-order valence-corrected chi connectivity index (χ2v) is 7.46. The fraction of sp³-hybridized carbons (Fsp3) is 0.571. The van der Waals surface area contributed by atoms with Crippen molar-refractivity contribution in [3.63, 3.8) is 0 Å². The van der Waals surface area contributed by atoms with E-state index in [-0.39, 0.29) is 23.2 Å². The second-order valence-electron chi connectivity index (χ2n) is 5.59. The first-order chi connectivity index (χ1) is 10.8. The van der Waals surface area contributed by atoms with Gasteiger partial charge in [-0.05, 0) is 25.3 Å². The molecule has 1 fully saturated rings. The van der Waals surface area contributed by atoms with E-state index in [2.05, 4.69) is 4.72 Å². The predicted molar refractivity (Wildman–Crippen MR) is 85.5 cm³/mol. The molecule has 1 saturated heterocycles. The maximum Gasteiger partial charge on any atom is 0.292 e. The SMILES string of the molecule is CCCS(=O)(=O)NC1CCN(c2cc(F)ccc2[N+](=O)[O-])CC1. The van der Waals surface area contributed by atoms with Crippen LogP contribution in [0.2, 0.25) is 0 Å². The third-order valence-corrected chi connectivity index (χ3v) is 5.43. The van der Waals surface area contributed by atoms with E-state index >= 15 is 0 Å². The predicted octanol–water partition coefficient (Wildman–Crippen LogP) is 2.03. The van der Waals surface area contributed by atoms with Gasteiger partial charge in [0.1, 0.15) is 11.5 Å². The summed E-state index contributed by atoms with van der Waals surface area (Å²) >= 11 is 0. The van der Waals surface area contributed by atoms with Gasteiger partial charge in [-0.3, -0.25) is 10.1 Å². The van der Waals surface area contributed by atoms with E-state index < -0.39 is 20.8 Å². The van der Waals surface area contributed by atoms with E-state index in [0.29, 0.717) is 32.4 Å². The van der Waals surface area contributed by atoms with Gasteiger partial charge in [-0.25, -0.2) is 17.5 Å². The zero-order valence-corrected chi connectivity index (χ0v) is 13.7. The normalized spacial score (nSPS) is 16.5. The fourth-order valence-electron chi connectivity index (χ4n) is 2.72. The number of piperidine rings is 1. The molecule has 1 aromatic rings. The standard InChI is InChI=1S/C14H20FN3O4S/c1-2-9-23(21,22)16-12-5-7-17(8-6-12)14-10-11(15)3-4-13(14)18(19)20/h3-4,10,12,16H,2,5-9H2,1H3. The largest absolute Gasteiger partial charge is 0.366 e. The first kappa shape index (κ1) is 17.6. The molecule has 1 heterocycles. The maximum absolute atomic E-state index is 13.4. The number of nitrogens with one attached hydrogen (secondary N) is 1. The lowest BCUT2D eigenvalue weighted by atomic mass is 10.0. The first-order valence-electron chi connectivity index (χ1n) is 7.51. The van der Waals surface area contributed by atoms with Gasteiger partial charge in [-0.2, -0.15) is 0 Å². The Morgan fingerprint density at radius 1 is 1.39 bits per heavy atom. The summed E-state index contributed by atoms with van der Waals surface area (Å²) < 4.78 is 39.6. The van der Waals surface area contributed by atoms with E-state index in [1.165, 1.54) is 0 Å². The Kier molecular flexibility index (Phi) is 5.53. The first-order valence-corrected chi connectivity index (χ1v) is 9.16. The molecule has 0 radical (unpaired) electrons. The average Bonchev–Trinajstić information content (AvgIpc) is 2.47. The molecule has 0 aliphatic carbocycles. The van der Waals surface area contributed by atoms with E-state index in [4.69, 9.17) is 0 Å². The van der Waals surface area contributed by atoms with Gasteiger partial charge in [0.25, 0.3) is 5.69 Å². The molecule has 23 heavy (non-hydrogen) atoms. The quantitative estimate of drug-likeness (QED) is 0.629. The molecule has 0 atom stereocenters. The molecule has 0 saturated carbocycles. The summed E-state index contributed by atoms with van der Waals surface area (Å²) in [5.41, 5.74) is 0.0984. The van der Waals surface area contributed by atoms with Crippen molar-refractivity contribution in [3.05, 3.63) is 34.1 Å². The smallest absolute Gasteiger partial charge is 0.292 e. The van der Waals surface area contributed by atoms with Crippen LogP contribution in [0.4, 0.5) is 15.8 Å². The van der Waals surface area contributed by atoms with Crippen LogP contribution in [-0.2, 0) is 10.0 Å². The highest BCUT2D eigenvalue weighted by atomic mass is 32.2. The molecule has 0 bridgehead atoms. The van der Waals surface area contributed by atoms with Crippen molar-refractivity contribution >= 4 is 21.4 Å². The number of hydrogen-bond donors (Lipinski definition) is 1. The third-order valence-electron chi connectivity index (χ3n) is 3.79. The number of nitro benzene ring substituents is 1. The van der Waals surface area contributed by atoms with Crippen LogP contribution in [0.25, 0.3) is 0 Å². The molecule has 1 aliphatic heterocycles. The number of hydrogen-bond acceptors (Lipinski definition) is 5. The summed E-state index contributed by atoms with van der Waals surface area (Å²) in [6, 6.07) is 3.18. The molecule has 1 aliphatic rings. The van der Waals surface area contributed by atoms with Gasteiger partial charge in [-0.1, -0.05) is 6.92 Å². The summed E-state index contributed by atoms with van der Waals surface area (Å²) in [5, 5.41) is 11.1. The lowest BCUT2D eigenvalue weighted by Gasteiger charge is -2.33. The monoisotopic (exact) mass is 345 g/mol. The number of benzene rings is 1. The summed E-state index contributed by atoms with van der Waals surface area (Å²) in [4.78, 5) is 12.3. The topological polar surface area (TPSA) is 92.6 Å². The van der Waals surface area contributed by atoms with Crippen LogP contribution in [-0.4, -0.2) is 38.2 Å². The van der Waals surface area contributed by atoms with Crippen LogP contribution in [0, 0.1) is 15.9 Å². The number of anilines is 1. The maximum atomic E-state index is 13.4. The lowest BCUT2D eigenvalue weighted by molar-refractivity contribution is -0.384. The van der Waals surface area contributed by atoms with Gasteiger partial charge in [0, 0.05) is 31.3 Å². The van der Waals surface area contributed by atoms with Gasteiger partial charge in [0.2, 0.25) is 10.0 Å². The Labute approximate surface area is 134 Å². The Morgan fingerprint density at radius 2 is 2.04 bits per heavy atom. The van der Waals surface area contributed by atoms with Crippen LogP contribution in [0.1, 0.15) is 26.2 Å². The highest BCUT2D eigenvalue weighted by Crippen LogP contribution is 2.31. The van der Waals surface area contributed by atoms with Crippen molar-refractivity contribution in [2.75, 3.05) is 23.7 Å². The molecule has 1 N–H and O–H groups in total. The highest BCUT2D eigenvalue weighted by molar-refractivity contribution is 7.89. The molecule has 0 amide bonds. The van der Waals surface area contributed by atoms with Crippen molar-refractivity contribution < 1.29 is 17.7 Å². The minimum absolute atomic E-state index is 0.0859. The average molecular weight is 345 g/mol. The fourth-order valence-corrected chi connectivity index (χ4v) is 4.12. The molecule has 2 rings (SSSR count). The molecular weight excluding hydrogens is 325 g/mol. The minimum atomic E-state index is -3.28. The van der Waals surface area contributed by atoms with Gasteiger partial charge >= 0.3 is 0 Å². The molecule has 7 nitrogen and oxygen atoms in total. The van der Waals surface area contributed by atoms with Crippen molar-refractivity contribution in [3.8, 4) is 0 Å². The van der Waals surface area contributed by atoms with Gasteiger partial charge in [-0.15, -0.1) is 0 Å². The van der Waals surface area contributed by atoms with Crippen molar-refractivity contribution in [1.82, 2.24) is 4.72 Å². The summed E-state index contributed by atoms with van der Waals surface area (Å²) in [6.45, 7) is 2.66. The number of nitro groups is 1. The molecule has 1 aromatic carbocycles. The second kappa shape index (κ2) is 7.22. The summed E-state index contributed by atoms with van der Waals surface area (Å²) in [7, 11) is -3.28. The number of nitrogens with zero attached hydrogens (tertiary/aromatic N) is 2. The van der Waals surface area contributed by atoms with Crippen molar-refractivity contribution in [2.24, 2.45) is 0 Å². The highest BCUT2D eigenvalue weighted by Gasteiger charge is 2.27. The molecule has 0 unspecified atom stereocenters. The third kappa shape index (κ3) is 4.61. The van der Waals surface area contributed by atoms with Crippen LogP contribution < -0.4 is 9.62 Å². The molecule has 128 valence electrons. The zero-order chi connectivity index (χ0) is 17.0. The molecule has 0 aromatic heterocycles. The number of rotatable bonds is 6. The Bertz CT molecular complexity index is 673. The Hall–Kier alpha value is -1.74. The van der Waals surface area contributed by atoms with E-state index in [1.807, 2.05) is 0 Å². The van der Waals surface area contributed by atoms with Crippen molar-refractivity contribution in [2.45, 2.75) is 32.2 Å². The minimum Gasteiger partial charge on any atom is -0.366 e. The van der Waals surface area contributed by atoms with Gasteiger partial charge in [0.15, 0.2) is 0 Å². The van der Waals surface area contributed by atoms with Gasteiger partial charge in [0.05, 0.1) is 10.7 Å². The number of sulfonamides is 1. The van der Waals surface area contributed by atoms with Gasteiger partial charge < -0.3 is 4.90 Å². The lowest BCUT2D eigenvalue weighted by Crippen LogP contribution is -2.45. The summed E-state index contributed by atoms with van der Waals surface area (Å²) in [5.74, 6) is -0.445. The van der Waals surface area contributed by atoms with Crippen molar-refractivity contribution in [1.29, 1.82) is 0 Å². The Morgan fingerprint density at radius 3 is 2.61 bits per heavy atom. The van der Waals surface area contributed by atoms with Crippen LogP contribution in [0.5, 0.6) is 0 Å². The van der Waals surface area contributed by atoms with E-state index in [1.54, 1.807) is 11.8 Å². The molecule has 0 spiro atoms. The summed E-state index contributed by atoms with van der Waals surface area (Å²) in [6.07, 6.45) is 1.59. The van der Waals surface area contributed by atoms with Crippen LogP contribution in [0.15, 0.2) is 18.2 Å². The molecule has 9 heteroatoms. The zero-order valence-electron chi connectivity index (χ0n) is 12.9. The Balaban J connectivity index is 2.05. The van der Waals surface area contributed by atoms with Crippen LogP contribution in [0.3, 0.4) is 0 Å². The van der Waals surface area contributed by atoms with Crippen LogP contribution >= 0.6 is 0 Å². The van der Waals surface area contributed by atoms with E-state index in [0.717, 1.165) is 18.2 Å². The number of halogens is 1.